The summed E-state index contributed by atoms with van der Waals surface area (Å²) in [5.41, 5.74) is 0.831. The van der Waals surface area contributed by atoms with Crippen LogP contribution in [0.3, 0.4) is 0 Å². The number of ether oxygens (including phenoxy) is 1. The second-order valence-corrected chi connectivity index (χ2v) is 10.7. The number of esters is 1. The van der Waals surface area contributed by atoms with Gasteiger partial charge < -0.3 is 14.9 Å². The zero-order valence-corrected chi connectivity index (χ0v) is 19.8. The minimum atomic E-state index is -0.611. The lowest BCUT2D eigenvalue weighted by atomic mass is 9.84. The average Bonchev–Trinajstić information content (AvgIpc) is 3.36. The smallest absolute Gasteiger partial charge is 0.306 e. The predicted octanol–water partition coefficient (Wildman–Crippen LogP) is 4.49. The molecule has 182 valence electrons. The number of allylic oxidation sites excluding steroid dienone is 2. The molecule has 0 saturated heterocycles. The van der Waals surface area contributed by atoms with E-state index < -0.39 is 12.2 Å². The maximum Gasteiger partial charge on any atom is 0.306 e. The van der Waals surface area contributed by atoms with Crippen molar-refractivity contribution in [1.29, 1.82) is 0 Å². The van der Waals surface area contributed by atoms with Gasteiger partial charge in [0.25, 0.3) is 0 Å². The van der Waals surface area contributed by atoms with Crippen LogP contribution in [0.2, 0.25) is 0 Å². The Hall–Kier alpha value is -1.64. The third kappa shape index (κ3) is 6.49. The van der Waals surface area contributed by atoms with Gasteiger partial charge in [0.2, 0.25) is 0 Å². The summed E-state index contributed by atoms with van der Waals surface area (Å²) in [6.45, 7) is 0. The molecule has 0 heterocycles. The van der Waals surface area contributed by atoms with E-state index in [2.05, 4.69) is 11.8 Å². The number of rotatable bonds is 7. The molecular formula is C28H40O5. The SMILES string of the molecule is O=C(CCCC(=O)C1=CC2C[C@@H](O)[C@H](C#C[C@@H](O)C3CCCCC3)C2C1)OC1CCCCC1. The number of aliphatic hydroxyl groups is 2. The highest BCUT2D eigenvalue weighted by Gasteiger charge is 2.45. The van der Waals surface area contributed by atoms with Gasteiger partial charge in [-0.3, -0.25) is 9.59 Å². The van der Waals surface area contributed by atoms with Gasteiger partial charge in [-0.1, -0.05) is 43.6 Å². The van der Waals surface area contributed by atoms with Crippen LogP contribution in [-0.4, -0.2) is 40.3 Å². The third-order valence-corrected chi connectivity index (χ3v) is 8.30. The molecule has 4 rings (SSSR count). The number of hydrogen-bond acceptors (Lipinski definition) is 5. The molecule has 0 radical (unpaired) electrons. The molecule has 0 aromatic carbocycles. The van der Waals surface area contributed by atoms with E-state index in [0.29, 0.717) is 32.1 Å². The van der Waals surface area contributed by atoms with E-state index in [1.165, 1.54) is 12.8 Å². The van der Waals surface area contributed by atoms with Crippen LogP contribution in [0.15, 0.2) is 11.6 Å². The van der Waals surface area contributed by atoms with Crippen molar-refractivity contribution in [2.75, 3.05) is 0 Å². The van der Waals surface area contributed by atoms with Gasteiger partial charge in [0.1, 0.15) is 12.2 Å². The van der Waals surface area contributed by atoms with Gasteiger partial charge in [0.15, 0.2) is 5.78 Å². The van der Waals surface area contributed by atoms with Gasteiger partial charge in [-0.25, -0.2) is 0 Å². The molecule has 4 aliphatic carbocycles. The van der Waals surface area contributed by atoms with Gasteiger partial charge in [-0.05, 0) is 81.1 Å². The van der Waals surface area contributed by atoms with E-state index in [1.54, 1.807) is 0 Å². The van der Waals surface area contributed by atoms with Crippen molar-refractivity contribution in [3.05, 3.63) is 11.6 Å². The summed E-state index contributed by atoms with van der Waals surface area (Å²) in [4.78, 5) is 24.8. The van der Waals surface area contributed by atoms with Crippen molar-refractivity contribution >= 4 is 11.8 Å². The van der Waals surface area contributed by atoms with Gasteiger partial charge in [-0.2, -0.15) is 0 Å². The summed E-state index contributed by atoms with van der Waals surface area (Å²) in [6, 6.07) is 0. The average molecular weight is 457 g/mol. The summed E-state index contributed by atoms with van der Waals surface area (Å²) in [5, 5.41) is 21.0. The van der Waals surface area contributed by atoms with E-state index in [0.717, 1.165) is 56.9 Å². The first-order valence-electron chi connectivity index (χ1n) is 13.3. The fourth-order valence-electron chi connectivity index (χ4n) is 6.34. The van der Waals surface area contributed by atoms with Gasteiger partial charge >= 0.3 is 5.97 Å². The molecule has 0 bridgehead atoms. The Morgan fingerprint density at radius 2 is 1.73 bits per heavy atom. The van der Waals surface area contributed by atoms with Crippen molar-refractivity contribution in [1.82, 2.24) is 0 Å². The second-order valence-electron chi connectivity index (χ2n) is 10.7. The Balaban J connectivity index is 1.22. The van der Waals surface area contributed by atoms with Crippen molar-refractivity contribution in [2.45, 2.75) is 115 Å². The molecule has 0 aromatic heterocycles. The Morgan fingerprint density at radius 1 is 1.03 bits per heavy atom. The molecule has 2 N–H and O–H groups in total. The standard InChI is InChI=1S/C28H40O5/c29-25(12-7-13-28(32)33-22-10-5-2-6-11-22)21-16-20-18-27(31)23(24(20)17-21)14-15-26(30)19-8-3-1-4-9-19/h16,19-20,22-24,26-27,30-31H,1-13,17-18H2/t20?,23-,24?,26-,27-/m1/s1. The molecule has 3 saturated carbocycles. The number of fused-ring (bicyclic) bond motifs is 1. The van der Waals surface area contributed by atoms with Crippen LogP contribution in [0.5, 0.6) is 0 Å². The van der Waals surface area contributed by atoms with Gasteiger partial charge in [0, 0.05) is 12.8 Å². The maximum atomic E-state index is 12.7. The Morgan fingerprint density at radius 3 is 2.45 bits per heavy atom. The van der Waals surface area contributed by atoms with Crippen LogP contribution < -0.4 is 0 Å². The van der Waals surface area contributed by atoms with Gasteiger partial charge in [-0.15, -0.1) is 0 Å². The minimum Gasteiger partial charge on any atom is -0.462 e. The molecule has 5 heteroatoms. The fourth-order valence-corrected chi connectivity index (χ4v) is 6.34. The van der Waals surface area contributed by atoms with E-state index >= 15 is 0 Å². The molecule has 0 aromatic rings. The lowest BCUT2D eigenvalue weighted by Crippen LogP contribution is -2.23. The van der Waals surface area contributed by atoms with Gasteiger partial charge in [0.05, 0.1) is 12.0 Å². The summed E-state index contributed by atoms with van der Waals surface area (Å²) in [5.74, 6) is 6.59. The maximum absolute atomic E-state index is 12.7. The molecule has 33 heavy (non-hydrogen) atoms. The monoisotopic (exact) mass is 456 g/mol. The van der Waals surface area contributed by atoms with E-state index in [4.69, 9.17) is 4.74 Å². The minimum absolute atomic E-state index is 0.0694. The lowest BCUT2D eigenvalue weighted by molar-refractivity contribution is -0.150. The summed E-state index contributed by atoms with van der Waals surface area (Å²) in [7, 11) is 0. The summed E-state index contributed by atoms with van der Waals surface area (Å²) in [6.07, 6.45) is 14.5. The van der Waals surface area contributed by atoms with E-state index in [9.17, 15) is 19.8 Å². The normalized spacial score (nSPS) is 31.3. The summed E-state index contributed by atoms with van der Waals surface area (Å²) < 4.78 is 5.55. The molecule has 0 aliphatic heterocycles. The van der Waals surface area contributed by atoms with Crippen LogP contribution in [-0.2, 0) is 14.3 Å². The van der Waals surface area contributed by atoms with Crippen molar-refractivity contribution < 1.29 is 24.5 Å². The summed E-state index contributed by atoms with van der Waals surface area (Å²) >= 11 is 0. The Bertz CT molecular complexity index is 778. The first-order valence-corrected chi connectivity index (χ1v) is 13.3. The molecule has 0 amide bonds. The Labute approximate surface area is 198 Å². The zero-order chi connectivity index (χ0) is 23.2. The van der Waals surface area contributed by atoms with E-state index in [1.807, 2.05) is 6.08 Å². The molecular weight excluding hydrogens is 416 g/mol. The fraction of sp³-hybridized carbons (Fsp3) is 0.786. The largest absolute Gasteiger partial charge is 0.462 e. The number of ketones is 1. The van der Waals surface area contributed by atoms with Crippen LogP contribution >= 0.6 is 0 Å². The molecule has 0 spiro atoms. The number of hydrogen-bond donors (Lipinski definition) is 2. The van der Waals surface area contributed by atoms with Crippen molar-refractivity contribution in [3.63, 3.8) is 0 Å². The number of carbonyl (C=O) groups is 2. The lowest BCUT2D eigenvalue weighted by Gasteiger charge is -2.23. The predicted molar refractivity (Wildman–Crippen MR) is 126 cm³/mol. The first-order chi connectivity index (χ1) is 16.0. The molecule has 5 nitrogen and oxygen atoms in total. The first kappa shape index (κ1) is 24.5. The van der Waals surface area contributed by atoms with Crippen molar-refractivity contribution in [3.8, 4) is 11.8 Å². The number of aliphatic hydroxyl groups excluding tert-OH is 2. The highest BCUT2D eigenvalue weighted by Crippen LogP contribution is 2.47. The highest BCUT2D eigenvalue weighted by atomic mass is 16.5. The van der Waals surface area contributed by atoms with Crippen molar-refractivity contribution in [2.24, 2.45) is 23.7 Å². The van der Waals surface area contributed by atoms with Crippen LogP contribution in [0, 0.1) is 35.5 Å². The van der Waals surface area contributed by atoms with E-state index in [-0.39, 0.29) is 41.5 Å². The number of carbonyl (C=O) groups excluding carboxylic acids is 2. The molecule has 3 fully saturated rings. The second kappa shape index (κ2) is 11.7. The number of Topliss-reactive ketones (excluding diaryl/α,β-unsaturated/α-hetero) is 1. The molecule has 2 unspecified atom stereocenters. The quantitative estimate of drug-likeness (QED) is 0.436. The molecule has 5 atom stereocenters. The zero-order valence-electron chi connectivity index (χ0n) is 19.8. The molecule has 4 aliphatic rings. The van der Waals surface area contributed by atoms with Crippen LogP contribution in [0.4, 0.5) is 0 Å². The third-order valence-electron chi connectivity index (χ3n) is 8.30. The van der Waals surface area contributed by atoms with Crippen LogP contribution in [0.25, 0.3) is 0 Å². The topological polar surface area (TPSA) is 83.8 Å². The Kier molecular flexibility index (Phi) is 8.66. The van der Waals surface area contributed by atoms with Crippen LogP contribution in [0.1, 0.15) is 96.3 Å². The highest BCUT2D eigenvalue weighted by molar-refractivity contribution is 5.96.